The van der Waals surface area contributed by atoms with Crippen LogP contribution < -0.4 is 0 Å². The number of carboxylic acid groups (broad SMARTS) is 1. The third-order valence-corrected chi connectivity index (χ3v) is 2.60. The number of aromatic nitrogens is 2. The van der Waals surface area contributed by atoms with E-state index in [4.69, 9.17) is 5.11 Å². The van der Waals surface area contributed by atoms with Gasteiger partial charge in [-0.3, -0.25) is 9.48 Å². The molecule has 1 aromatic rings. The van der Waals surface area contributed by atoms with E-state index in [1.54, 1.807) is 31.8 Å². The highest BCUT2D eigenvalue weighted by Gasteiger charge is 2.34. The number of carbonyl (C=O) groups is 1. The van der Waals surface area contributed by atoms with Crippen molar-refractivity contribution in [3.63, 3.8) is 0 Å². The molecule has 0 aromatic carbocycles. The second-order valence-corrected chi connectivity index (χ2v) is 4.25. The zero-order valence-electron chi connectivity index (χ0n) is 7.71. The molecule has 0 bridgehead atoms. The van der Waals surface area contributed by atoms with Crippen LogP contribution in [-0.2, 0) is 17.3 Å². The second-order valence-electron chi connectivity index (χ2n) is 3.39. The number of aryl methyl sites for hydroxylation is 1. The van der Waals surface area contributed by atoms with Gasteiger partial charge in [-0.2, -0.15) is 5.10 Å². The fourth-order valence-electron chi connectivity index (χ4n) is 1.22. The lowest BCUT2D eigenvalue weighted by molar-refractivity contribution is -0.142. The van der Waals surface area contributed by atoms with Gasteiger partial charge in [-0.15, -0.1) is 0 Å². The van der Waals surface area contributed by atoms with Gasteiger partial charge in [0, 0.05) is 7.05 Å². The van der Waals surface area contributed by atoms with Gasteiger partial charge in [-0.25, -0.2) is 0 Å². The minimum absolute atomic E-state index is 0.667. The Morgan fingerprint density at radius 2 is 2.23 bits per heavy atom. The molecule has 0 saturated heterocycles. The Bertz CT molecular complexity index is 324. The zero-order valence-corrected chi connectivity index (χ0v) is 9.29. The van der Waals surface area contributed by atoms with Crippen molar-refractivity contribution in [2.45, 2.75) is 19.3 Å². The van der Waals surface area contributed by atoms with E-state index in [1.165, 1.54) is 0 Å². The Balaban J connectivity index is 3.28. The molecule has 0 aliphatic rings. The quantitative estimate of drug-likeness (QED) is 0.862. The van der Waals surface area contributed by atoms with E-state index in [2.05, 4.69) is 21.0 Å². The van der Waals surface area contributed by atoms with E-state index >= 15 is 0 Å². The van der Waals surface area contributed by atoms with Crippen molar-refractivity contribution in [1.29, 1.82) is 0 Å². The van der Waals surface area contributed by atoms with E-state index in [0.717, 1.165) is 4.47 Å². The normalized spacial score (nSPS) is 11.7. The van der Waals surface area contributed by atoms with E-state index in [-0.39, 0.29) is 0 Å². The van der Waals surface area contributed by atoms with E-state index in [1.807, 2.05) is 0 Å². The summed E-state index contributed by atoms with van der Waals surface area (Å²) in [6.45, 7) is 3.30. The molecule has 1 rings (SSSR count). The highest BCUT2D eigenvalue weighted by molar-refractivity contribution is 9.10. The number of halogens is 1. The van der Waals surface area contributed by atoms with Crippen molar-refractivity contribution in [3.05, 3.63) is 16.4 Å². The lowest BCUT2D eigenvalue weighted by Gasteiger charge is -2.19. The van der Waals surface area contributed by atoms with Crippen molar-refractivity contribution in [2.24, 2.45) is 7.05 Å². The molecule has 0 amide bonds. The third-order valence-electron chi connectivity index (χ3n) is 2.02. The summed E-state index contributed by atoms with van der Waals surface area (Å²) in [5, 5.41) is 13.0. The molecule has 0 saturated carbocycles. The van der Waals surface area contributed by atoms with E-state index < -0.39 is 11.4 Å². The van der Waals surface area contributed by atoms with Crippen molar-refractivity contribution in [2.75, 3.05) is 0 Å². The molecule has 1 N–H and O–H groups in total. The molecule has 0 radical (unpaired) electrons. The number of aliphatic carboxylic acids is 1. The molecule has 72 valence electrons. The molecular formula is C8H11BrN2O2. The average Bonchev–Trinajstić information content (AvgIpc) is 2.30. The number of nitrogens with zero attached hydrogens (tertiary/aromatic N) is 2. The lowest BCUT2D eigenvalue weighted by atomic mass is 9.89. The topological polar surface area (TPSA) is 55.1 Å². The van der Waals surface area contributed by atoms with Gasteiger partial charge in [0.15, 0.2) is 0 Å². The first-order chi connectivity index (χ1) is 5.87. The van der Waals surface area contributed by atoms with Crippen molar-refractivity contribution in [3.8, 4) is 0 Å². The number of hydrogen-bond acceptors (Lipinski definition) is 2. The van der Waals surface area contributed by atoms with Gasteiger partial charge < -0.3 is 5.11 Å². The SMILES string of the molecule is Cn1ncc(Br)c1C(C)(C)C(=O)O. The van der Waals surface area contributed by atoms with Crippen molar-refractivity contribution in [1.82, 2.24) is 9.78 Å². The minimum Gasteiger partial charge on any atom is -0.481 e. The van der Waals surface area contributed by atoms with Crippen molar-refractivity contribution < 1.29 is 9.90 Å². The molecule has 5 heteroatoms. The van der Waals surface area contributed by atoms with Crippen molar-refractivity contribution >= 4 is 21.9 Å². The van der Waals surface area contributed by atoms with Gasteiger partial charge in [0.05, 0.1) is 16.4 Å². The predicted molar refractivity (Wildman–Crippen MR) is 51.6 cm³/mol. The Kier molecular flexibility index (Phi) is 2.47. The highest BCUT2D eigenvalue weighted by Crippen LogP contribution is 2.29. The smallest absolute Gasteiger partial charge is 0.315 e. The van der Waals surface area contributed by atoms with Crippen LogP contribution in [0.15, 0.2) is 10.7 Å². The van der Waals surface area contributed by atoms with E-state index in [0.29, 0.717) is 5.69 Å². The molecular weight excluding hydrogens is 236 g/mol. The molecule has 13 heavy (non-hydrogen) atoms. The van der Waals surface area contributed by atoms with Crippen LogP contribution in [0.3, 0.4) is 0 Å². The zero-order chi connectivity index (χ0) is 10.2. The molecule has 1 heterocycles. The predicted octanol–water partition coefficient (Wildman–Crippen LogP) is 1.54. The Hall–Kier alpha value is -0.840. The monoisotopic (exact) mass is 246 g/mol. The van der Waals surface area contributed by atoms with Crippen LogP contribution in [0, 0.1) is 0 Å². The fraction of sp³-hybridized carbons (Fsp3) is 0.500. The van der Waals surface area contributed by atoms with Crippen LogP contribution in [0.5, 0.6) is 0 Å². The Morgan fingerprint density at radius 1 is 1.69 bits per heavy atom. The minimum atomic E-state index is -0.927. The van der Waals surface area contributed by atoms with Gasteiger partial charge in [-0.05, 0) is 29.8 Å². The maximum absolute atomic E-state index is 11.0. The first-order valence-electron chi connectivity index (χ1n) is 3.78. The molecule has 0 fully saturated rings. The summed E-state index contributed by atoms with van der Waals surface area (Å²) in [6.07, 6.45) is 1.60. The van der Waals surface area contributed by atoms with Crippen LogP contribution in [0.2, 0.25) is 0 Å². The molecule has 1 aromatic heterocycles. The van der Waals surface area contributed by atoms with Gasteiger partial charge in [0.25, 0.3) is 0 Å². The largest absolute Gasteiger partial charge is 0.481 e. The summed E-state index contributed by atoms with van der Waals surface area (Å²) in [4.78, 5) is 11.0. The molecule has 0 spiro atoms. The average molecular weight is 247 g/mol. The van der Waals surface area contributed by atoms with Crippen LogP contribution in [0.1, 0.15) is 19.5 Å². The summed E-state index contributed by atoms with van der Waals surface area (Å²) >= 11 is 3.27. The number of hydrogen-bond donors (Lipinski definition) is 1. The van der Waals surface area contributed by atoms with Crippen LogP contribution in [0.25, 0.3) is 0 Å². The van der Waals surface area contributed by atoms with Crippen LogP contribution in [0.4, 0.5) is 0 Å². The molecule has 0 aliphatic heterocycles. The van der Waals surface area contributed by atoms with Crippen LogP contribution >= 0.6 is 15.9 Å². The number of carboxylic acids is 1. The lowest BCUT2D eigenvalue weighted by Crippen LogP contribution is -2.31. The molecule has 0 unspecified atom stereocenters. The highest BCUT2D eigenvalue weighted by atomic mass is 79.9. The second kappa shape index (κ2) is 3.14. The summed E-state index contributed by atoms with van der Waals surface area (Å²) in [5.74, 6) is -0.864. The van der Waals surface area contributed by atoms with Crippen LogP contribution in [-0.4, -0.2) is 20.9 Å². The standard InChI is InChI=1S/C8H11BrN2O2/c1-8(2,7(12)13)6-5(9)4-10-11(6)3/h4H,1-3H3,(H,12,13). The first kappa shape index (κ1) is 10.2. The summed E-state index contributed by atoms with van der Waals surface area (Å²) in [5.41, 5.74) is -0.260. The van der Waals surface area contributed by atoms with Gasteiger partial charge >= 0.3 is 5.97 Å². The third kappa shape index (κ3) is 1.60. The van der Waals surface area contributed by atoms with Gasteiger partial charge in [0.1, 0.15) is 5.41 Å². The van der Waals surface area contributed by atoms with Gasteiger partial charge in [0.2, 0.25) is 0 Å². The Morgan fingerprint density at radius 3 is 2.54 bits per heavy atom. The molecule has 0 aliphatic carbocycles. The maximum atomic E-state index is 11.0. The fourth-order valence-corrected chi connectivity index (χ4v) is 2.06. The number of rotatable bonds is 2. The van der Waals surface area contributed by atoms with Gasteiger partial charge in [-0.1, -0.05) is 0 Å². The molecule has 0 atom stereocenters. The Labute approximate surface area is 84.7 Å². The first-order valence-corrected chi connectivity index (χ1v) is 4.58. The molecule has 4 nitrogen and oxygen atoms in total. The summed E-state index contributed by atoms with van der Waals surface area (Å²) in [7, 11) is 1.73. The van der Waals surface area contributed by atoms with E-state index in [9.17, 15) is 4.79 Å². The summed E-state index contributed by atoms with van der Waals surface area (Å²) in [6, 6.07) is 0. The maximum Gasteiger partial charge on any atom is 0.315 e. The summed E-state index contributed by atoms with van der Waals surface area (Å²) < 4.78 is 2.29.